The van der Waals surface area contributed by atoms with Crippen LogP contribution < -0.4 is 0 Å². The summed E-state index contributed by atoms with van der Waals surface area (Å²) in [6, 6.07) is 0.464. The van der Waals surface area contributed by atoms with Crippen molar-refractivity contribution in [1.29, 1.82) is 0 Å². The van der Waals surface area contributed by atoms with Gasteiger partial charge >= 0.3 is 0 Å². The summed E-state index contributed by atoms with van der Waals surface area (Å²) >= 11 is 2.00. The van der Waals surface area contributed by atoms with E-state index < -0.39 is 0 Å². The Balaban J connectivity index is 1.95. The first kappa shape index (κ1) is 15.9. The standard InChI is InChI=1S/C17H29NOS/c1-17(2,3)20-13-15-11-7-8-12-18(15)16(19)14-9-5-4-6-10-14/h4-5,14-15H,6-13H2,1-3H3/t14-,15+/m1/s1. The molecule has 1 aliphatic carbocycles. The number of hydrogen-bond acceptors (Lipinski definition) is 2. The summed E-state index contributed by atoms with van der Waals surface area (Å²) in [5.74, 6) is 1.77. The van der Waals surface area contributed by atoms with Crippen LogP contribution in [0.2, 0.25) is 0 Å². The number of carbonyl (C=O) groups excluding carboxylic acids is 1. The Labute approximate surface area is 128 Å². The van der Waals surface area contributed by atoms with Gasteiger partial charge in [0.1, 0.15) is 0 Å². The Bertz CT molecular complexity index is 358. The van der Waals surface area contributed by atoms with Gasteiger partial charge in [-0.15, -0.1) is 0 Å². The predicted octanol–water partition coefficient (Wildman–Crippen LogP) is 4.26. The maximum atomic E-state index is 12.8. The number of amides is 1. The van der Waals surface area contributed by atoms with Crippen LogP contribution >= 0.6 is 11.8 Å². The molecule has 0 radical (unpaired) electrons. The number of nitrogens with zero attached hydrogens (tertiary/aromatic N) is 1. The number of allylic oxidation sites excluding steroid dienone is 2. The minimum Gasteiger partial charge on any atom is -0.339 e. The first-order valence-corrected chi connectivity index (χ1v) is 9.05. The van der Waals surface area contributed by atoms with E-state index in [1.165, 1.54) is 19.3 Å². The molecular weight excluding hydrogens is 266 g/mol. The second kappa shape index (κ2) is 7.02. The van der Waals surface area contributed by atoms with Crippen molar-refractivity contribution in [3.05, 3.63) is 12.2 Å². The van der Waals surface area contributed by atoms with Gasteiger partial charge < -0.3 is 4.90 Å². The SMILES string of the molecule is CC(C)(C)SC[C@@H]1CCCCN1C(=O)[C@@H]1CC=CCC1. The Morgan fingerprint density at radius 1 is 1.25 bits per heavy atom. The zero-order chi connectivity index (χ0) is 14.6. The summed E-state index contributed by atoms with van der Waals surface area (Å²) in [7, 11) is 0. The maximum absolute atomic E-state index is 12.8. The van der Waals surface area contributed by atoms with Gasteiger partial charge in [0.05, 0.1) is 0 Å². The zero-order valence-electron chi connectivity index (χ0n) is 13.2. The van der Waals surface area contributed by atoms with Crippen molar-refractivity contribution < 1.29 is 4.79 Å². The Morgan fingerprint density at radius 3 is 2.70 bits per heavy atom. The van der Waals surface area contributed by atoms with Gasteiger partial charge in [-0.25, -0.2) is 0 Å². The van der Waals surface area contributed by atoms with Crippen LogP contribution in [0.3, 0.4) is 0 Å². The Kier molecular flexibility index (Phi) is 5.59. The van der Waals surface area contributed by atoms with E-state index in [2.05, 4.69) is 37.8 Å². The highest BCUT2D eigenvalue weighted by atomic mass is 32.2. The third kappa shape index (κ3) is 4.54. The largest absolute Gasteiger partial charge is 0.339 e. The lowest BCUT2D eigenvalue weighted by atomic mass is 9.91. The van der Waals surface area contributed by atoms with Crippen molar-refractivity contribution in [1.82, 2.24) is 4.90 Å². The van der Waals surface area contributed by atoms with Crippen LogP contribution in [0, 0.1) is 5.92 Å². The molecule has 1 fully saturated rings. The molecule has 0 saturated carbocycles. The molecule has 1 saturated heterocycles. The van der Waals surface area contributed by atoms with Gasteiger partial charge in [0.25, 0.3) is 0 Å². The molecule has 0 aromatic carbocycles. The predicted molar refractivity (Wildman–Crippen MR) is 88.0 cm³/mol. The number of carbonyl (C=O) groups is 1. The lowest BCUT2D eigenvalue weighted by Gasteiger charge is -2.39. The first-order chi connectivity index (χ1) is 9.47. The summed E-state index contributed by atoms with van der Waals surface area (Å²) in [6.07, 6.45) is 11.1. The van der Waals surface area contributed by atoms with Gasteiger partial charge in [-0.05, 0) is 38.5 Å². The highest BCUT2D eigenvalue weighted by Gasteiger charge is 2.32. The van der Waals surface area contributed by atoms with E-state index in [1.807, 2.05) is 11.8 Å². The zero-order valence-corrected chi connectivity index (χ0v) is 14.0. The van der Waals surface area contributed by atoms with Crippen molar-refractivity contribution in [3.63, 3.8) is 0 Å². The second-order valence-corrected chi connectivity index (χ2v) is 8.93. The Hall–Kier alpha value is -0.440. The molecule has 0 unspecified atom stereocenters. The van der Waals surface area contributed by atoms with Gasteiger partial charge in [0.2, 0.25) is 5.91 Å². The van der Waals surface area contributed by atoms with Crippen LogP contribution in [-0.2, 0) is 4.79 Å². The van der Waals surface area contributed by atoms with E-state index in [1.54, 1.807) is 0 Å². The molecule has 20 heavy (non-hydrogen) atoms. The summed E-state index contributed by atoms with van der Waals surface area (Å²) in [5, 5.41) is 0. The number of likely N-dealkylation sites (tertiary alicyclic amines) is 1. The molecule has 2 nitrogen and oxygen atoms in total. The first-order valence-electron chi connectivity index (χ1n) is 8.07. The molecule has 0 N–H and O–H groups in total. The van der Waals surface area contributed by atoms with E-state index in [0.717, 1.165) is 31.6 Å². The third-order valence-corrected chi connectivity index (χ3v) is 5.65. The lowest BCUT2D eigenvalue weighted by molar-refractivity contribution is -0.139. The highest BCUT2D eigenvalue weighted by Crippen LogP contribution is 2.30. The van der Waals surface area contributed by atoms with Crippen molar-refractivity contribution >= 4 is 17.7 Å². The van der Waals surface area contributed by atoms with Crippen LogP contribution in [0.4, 0.5) is 0 Å². The van der Waals surface area contributed by atoms with E-state index in [9.17, 15) is 4.79 Å². The number of rotatable bonds is 3. The molecule has 0 bridgehead atoms. The van der Waals surface area contributed by atoms with Gasteiger partial charge in [0.15, 0.2) is 0 Å². The van der Waals surface area contributed by atoms with Crippen molar-refractivity contribution in [2.75, 3.05) is 12.3 Å². The second-order valence-electron chi connectivity index (χ2n) is 7.09. The molecule has 114 valence electrons. The highest BCUT2D eigenvalue weighted by molar-refractivity contribution is 8.00. The Morgan fingerprint density at radius 2 is 2.05 bits per heavy atom. The van der Waals surface area contributed by atoms with Crippen molar-refractivity contribution in [3.8, 4) is 0 Å². The van der Waals surface area contributed by atoms with E-state index in [-0.39, 0.29) is 5.92 Å². The van der Waals surface area contributed by atoms with Gasteiger partial charge in [-0.1, -0.05) is 32.9 Å². The van der Waals surface area contributed by atoms with Crippen LogP contribution in [0.1, 0.15) is 59.3 Å². The average molecular weight is 295 g/mol. The minimum absolute atomic E-state index is 0.250. The lowest BCUT2D eigenvalue weighted by Crippen LogP contribution is -2.48. The van der Waals surface area contributed by atoms with Crippen LogP contribution in [0.15, 0.2) is 12.2 Å². The molecule has 3 heteroatoms. The molecule has 0 spiro atoms. The molecule has 1 aliphatic heterocycles. The van der Waals surface area contributed by atoms with Gasteiger partial charge in [-0.3, -0.25) is 4.79 Å². The monoisotopic (exact) mass is 295 g/mol. The molecule has 1 amide bonds. The molecule has 0 aromatic rings. The van der Waals surface area contributed by atoms with E-state index >= 15 is 0 Å². The van der Waals surface area contributed by atoms with Gasteiger partial charge in [-0.2, -0.15) is 11.8 Å². The summed E-state index contributed by atoms with van der Waals surface area (Å²) < 4.78 is 0.291. The number of hydrogen-bond donors (Lipinski definition) is 0. The topological polar surface area (TPSA) is 20.3 Å². The quantitative estimate of drug-likeness (QED) is 0.725. The summed E-state index contributed by atoms with van der Waals surface area (Å²) in [5.41, 5.74) is 0. The fourth-order valence-corrected chi connectivity index (χ4v) is 4.10. The number of thioether (sulfide) groups is 1. The van der Waals surface area contributed by atoms with E-state index in [0.29, 0.717) is 16.7 Å². The smallest absolute Gasteiger partial charge is 0.226 e. The van der Waals surface area contributed by atoms with Crippen molar-refractivity contribution in [2.45, 2.75) is 70.1 Å². The molecule has 0 aromatic heterocycles. The summed E-state index contributed by atoms with van der Waals surface area (Å²) in [6.45, 7) is 7.77. The third-order valence-electron chi connectivity index (χ3n) is 4.24. The van der Waals surface area contributed by atoms with Crippen LogP contribution in [0.25, 0.3) is 0 Å². The fourth-order valence-electron chi connectivity index (χ4n) is 3.06. The fraction of sp³-hybridized carbons (Fsp3) is 0.824. The average Bonchev–Trinajstić information content (AvgIpc) is 2.45. The molecule has 2 aliphatic rings. The molecule has 2 atom stereocenters. The molecule has 1 heterocycles. The molecular formula is C17H29NOS. The van der Waals surface area contributed by atoms with Crippen LogP contribution in [-0.4, -0.2) is 33.9 Å². The normalized spacial score (nSPS) is 27.6. The van der Waals surface area contributed by atoms with Gasteiger partial charge in [0, 0.05) is 29.0 Å². The summed E-state index contributed by atoms with van der Waals surface area (Å²) in [4.78, 5) is 15.0. The number of piperidine rings is 1. The van der Waals surface area contributed by atoms with Crippen molar-refractivity contribution in [2.24, 2.45) is 5.92 Å². The van der Waals surface area contributed by atoms with E-state index in [4.69, 9.17) is 0 Å². The minimum atomic E-state index is 0.250. The maximum Gasteiger partial charge on any atom is 0.226 e. The van der Waals surface area contributed by atoms with Crippen LogP contribution in [0.5, 0.6) is 0 Å². The molecule has 2 rings (SSSR count).